The van der Waals surface area contributed by atoms with Crippen LogP contribution in [0.1, 0.15) is 65.2 Å². The third-order valence-corrected chi connectivity index (χ3v) is 7.67. The minimum absolute atomic E-state index is 0.0246. The van der Waals surface area contributed by atoms with E-state index < -0.39 is 0 Å². The van der Waals surface area contributed by atoms with E-state index in [9.17, 15) is 9.59 Å². The second kappa shape index (κ2) is 4.30. The lowest BCUT2D eigenvalue weighted by atomic mass is 9.47. The van der Waals surface area contributed by atoms with E-state index in [1.165, 1.54) is 18.4 Å². The van der Waals surface area contributed by atoms with Gasteiger partial charge >= 0.3 is 0 Å². The quantitative estimate of drug-likeness (QED) is 0.672. The predicted molar refractivity (Wildman–Crippen MR) is 81.7 cm³/mol. The fourth-order valence-corrected chi connectivity index (χ4v) is 6.33. The van der Waals surface area contributed by atoms with Crippen LogP contribution in [0.15, 0.2) is 11.6 Å². The zero-order valence-electron chi connectivity index (χ0n) is 13.3. The molecular formula is C19H26O2. The van der Waals surface area contributed by atoms with Crippen molar-refractivity contribution in [2.24, 2.45) is 28.6 Å². The maximum atomic E-state index is 12.4. The Kier molecular flexibility index (Phi) is 2.81. The fraction of sp³-hybridized carbons (Fsp3) is 0.789. The van der Waals surface area contributed by atoms with Crippen LogP contribution in [0, 0.1) is 28.6 Å². The van der Waals surface area contributed by atoms with Crippen molar-refractivity contribution in [1.82, 2.24) is 0 Å². The largest absolute Gasteiger partial charge is 0.299 e. The smallest absolute Gasteiger partial charge is 0.155 e. The van der Waals surface area contributed by atoms with Gasteiger partial charge in [-0.3, -0.25) is 9.59 Å². The number of rotatable bonds is 0. The maximum Gasteiger partial charge on any atom is 0.155 e. The molecule has 0 heterocycles. The van der Waals surface area contributed by atoms with Crippen molar-refractivity contribution in [3.05, 3.63) is 11.6 Å². The normalized spacial score (nSPS) is 49.2. The molecule has 3 saturated carbocycles. The first-order chi connectivity index (χ1) is 9.95. The van der Waals surface area contributed by atoms with Crippen molar-refractivity contribution < 1.29 is 9.59 Å². The zero-order valence-corrected chi connectivity index (χ0v) is 13.3. The number of carbonyl (C=O) groups excluding carboxylic acids is 2. The molecule has 0 aromatic heterocycles. The molecular weight excluding hydrogens is 260 g/mol. The summed E-state index contributed by atoms with van der Waals surface area (Å²) in [6.45, 7) is 4.64. The number of hydrogen-bond donors (Lipinski definition) is 0. The van der Waals surface area contributed by atoms with E-state index in [4.69, 9.17) is 0 Å². The summed E-state index contributed by atoms with van der Waals surface area (Å²) in [6, 6.07) is 0. The van der Waals surface area contributed by atoms with Gasteiger partial charge in [-0.25, -0.2) is 0 Å². The van der Waals surface area contributed by atoms with Crippen molar-refractivity contribution in [3.8, 4) is 0 Å². The summed E-state index contributed by atoms with van der Waals surface area (Å²) in [7, 11) is 0. The number of carbonyl (C=O) groups is 2. The third kappa shape index (κ3) is 1.71. The van der Waals surface area contributed by atoms with Crippen molar-refractivity contribution in [2.45, 2.75) is 65.2 Å². The van der Waals surface area contributed by atoms with Crippen LogP contribution in [0.4, 0.5) is 0 Å². The van der Waals surface area contributed by atoms with E-state index in [1.807, 2.05) is 6.08 Å². The van der Waals surface area contributed by atoms with Gasteiger partial charge in [-0.15, -0.1) is 0 Å². The van der Waals surface area contributed by atoms with Crippen LogP contribution >= 0.6 is 0 Å². The SMILES string of the molecule is C[C@@]12CC[C@H]3[C@H](CCC4=CC(=O)CC[C@@]43C)[C@H]1CCC2=O. The summed E-state index contributed by atoms with van der Waals surface area (Å²) in [5.41, 5.74) is 1.64. The molecule has 0 aromatic rings. The molecule has 4 aliphatic rings. The van der Waals surface area contributed by atoms with E-state index in [-0.39, 0.29) is 10.8 Å². The molecule has 4 rings (SSSR count). The first kappa shape index (κ1) is 13.7. The Labute approximate surface area is 127 Å². The van der Waals surface area contributed by atoms with Gasteiger partial charge in [0.1, 0.15) is 5.78 Å². The maximum absolute atomic E-state index is 12.4. The Hall–Kier alpha value is -0.920. The highest BCUT2D eigenvalue weighted by Gasteiger charge is 2.58. The lowest BCUT2D eigenvalue weighted by Gasteiger charge is -2.56. The van der Waals surface area contributed by atoms with Crippen LogP contribution in [0.3, 0.4) is 0 Å². The Balaban J connectivity index is 1.70. The second-order valence-electron chi connectivity index (χ2n) is 8.39. The van der Waals surface area contributed by atoms with Gasteiger partial charge in [0.05, 0.1) is 0 Å². The summed E-state index contributed by atoms with van der Waals surface area (Å²) in [4.78, 5) is 24.1. The number of hydrogen-bond acceptors (Lipinski definition) is 2. The standard InChI is InChI=1S/C19H26O2/c1-18-9-7-13(20)11-12(18)3-4-14-15-5-6-17(21)19(15,2)10-8-16(14)18/h11,14-16H,3-10H2,1-2H3/t14-,15-,16+,18+,19-/m1/s1. The molecule has 2 nitrogen and oxygen atoms in total. The van der Waals surface area contributed by atoms with Gasteiger partial charge in [0.2, 0.25) is 0 Å². The van der Waals surface area contributed by atoms with E-state index in [2.05, 4.69) is 13.8 Å². The van der Waals surface area contributed by atoms with Crippen LogP contribution < -0.4 is 0 Å². The minimum Gasteiger partial charge on any atom is -0.299 e. The molecule has 3 fully saturated rings. The Morgan fingerprint density at radius 3 is 2.48 bits per heavy atom. The summed E-state index contributed by atoms with van der Waals surface area (Å²) in [6.07, 6.45) is 10.2. The second-order valence-corrected chi connectivity index (χ2v) is 8.39. The van der Waals surface area contributed by atoms with Gasteiger partial charge in [0, 0.05) is 18.3 Å². The molecule has 0 aliphatic heterocycles. The van der Waals surface area contributed by atoms with Crippen LogP contribution in [0.25, 0.3) is 0 Å². The molecule has 0 amide bonds. The predicted octanol–water partition coefficient (Wildman–Crippen LogP) is 4.09. The first-order valence-corrected chi connectivity index (χ1v) is 8.72. The van der Waals surface area contributed by atoms with Gasteiger partial charge in [-0.2, -0.15) is 0 Å². The minimum atomic E-state index is -0.0246. The van der Waals surface area contributed by atoms with Gasteiger partial charge in [0.15, 0.2) is 5.78 Å². The highest BCUT2D eigenvalue weighted by atomic mass is 16.1. The number of ketones is 2. The molecule has 0 N–H and O–H groups in total. The topological polar surface area (TPSA) is 34.1 Å². The number of Topliss-reactive ketones (excluding diaryl/α,β-unsaturated/α-hetero) is 1. The molecule has 0 bridgehead atoms. The number of fused-ring (bicyclic) bond motifs is 5. The molecule has 114 valence electrons. The monoisotopic (exact) mass is 286 g/mol. The van der Waals surface area contributed by atoms with Crippen LogP contribution in [-0.2, 0) is 9.59 Å². The molecule has 0 radical (unpaired) electrons. The van der Waals surface area contributed by atoms with Gasteiger partial charge < -0.3 is 0 Å². The van der Waals surface area contributed by atoms with E-state index in [1.54, 1.807) is 0 Å². The summed E-state index contributed by atoms with van der Waals surface area (Å²) in [5.74, 6) is 2.88. The third-order valence-electron chi connectivity index (χ3n) is 7.67. The van der Waals surface area contributed by atoms with Crippen LogP contribution in [0.5, 0.6) is 0 Å². The lowest BCUT2D eigenvalue weighted by molar-refractivity contribution is -0.132. The highest BCUT2D eigenvalue weighted by Crippen LogP contribution is 2.64. The summed E-state index contributed by atoms with van der Waals surface area (Å²) < 4.78 is 0. The molecule has 21 heavy (non-hydrogen) atoms. The molecule has 0 saturated heterocycles. The van der Waals surface area contributed by atoms with Gasteiger partial charge in [-0.05, 0) is 67.8 Å². The molecule has 2 heteroatoms. The fourth-order valence-electron chi connectivity index (χ4n) is 6.33. The average molecular weight is 286 g/mol. The van der Waals surface area contributed by atoms with Gasteiger partial charge in [-0.1, -0.05) is 19.4 Å². The summed E-state index contributed by atoms with van der Waals surface area (Å²) in [5, 5.41) is 0. The van der Waals surface area contributed by atoms with E-state index in [0.717, 1.165) is 38.5 Å². The van der Waals surface area contributed by atoms with Crippen LogP contribution in [-0.4, -0.2) is 11.6 Å². The zero-order chi connectivity index (χ0) is 14.8. The molecule has 5 atom stereocenters. The average Bonchev–Trinajstić information content (AvgIpc) is 2.76. The molecule has 0 unspecified atom stereocenters. The summed E-state index contributed by atoms with van der Waals surface area (Å²) >= 11 is 0. The Morgan fingerprint density at radius 1 is 0.905 bits per heavy atom. The van der Waals surface area contributed by atoms with Crippen molar-refractivity contribution in [1.29, 1.82) is 0 Å². The van der Waals surface area contributed by atoms with Crippen molar-refractivity contribution in [2.75, 3.05) is 0 Å². The van der Waals surface area contributed by atoms with E-state index in [0.29, 0.717) is 29.3 Å². The van der Waals surface area contributed by atoms with Crippen LogP contribution in [0.2, 0.25) is 0 Å². The molecule has 0 spiro atoms. The van der Waals surface area contributed by atoms with Gasteiger partial charge in [0.25, 0.3) is 0 Å². The number of allylic oxidation sites excluding steroid dienone is 1. The Bertz CT molecular complexity index is 546. The van der Waals surface area contributed by atoms with Crippen molar-refractivity contribution >= 4 is 11.6 Å². The molecule has 0 aromatic carbocycles. The van der Waals surface area contributed by atoms with E-state index >= 15 is 0 Å². The van der Waals surface area contributed by atoms with Crippen molar-refractivity contribution in [3.63, 3.8) is 0 Å². The molecule has 4 aliphatic carbocycles. The highest BCUT2D eigenvalue weighted by molar-refractivity contribution is 5.91. The Morgan fingerprint density at radius 2 is 1.67 bits per heavy atom. The lowest BCUT2D eigenvalue weighted by Crippen LogP contribution is -2.50. The first-order valence-electron chi connectivity index (χ1n) is 8.72.